The fraction of sp³-hybridized carbons (Fsp3) is 0.167. The average molecular weight is 252 g/mol. The van der Waals surface area contributed by atoms with Crippen LogP contribution in [-0.4, -0.2) is 16.2 Å². The molecule has 88 valence electrons. The number of aromatic nitrogens is 1. The third kappa shape index (κ3) is 2.65. The molecule has 1 N–H and O–H groups in total. The molecule has 1 heterocycles. The van der Waals surface area contributed by atoms with Gasteiger partial charge in [-0.05, 0) is 24.6 Å². The van der Waals surface area contributed by atoms with Gasteiger partial charge in [-0.2, -0.15) is 0 Å². The van der Waals surface area contributed by atoms with Crippen molar-refractivity contribution in [1.29, 1.82) is 0 Å². The molecule has 0 amide bonds. The molecule has 0 fully saturated rings. The van der Waals surface area contributed by atoms with Crippen molar-refractivity contribution in [3.63, 3.8) is 0 Å². The predicted molar refractivity (Wildman–Crippen MR) is 63.0 cm³/mol. The Morgan fingerprint density at radius 3 is 2.88 bits per heavy atom. The Balaban J connectivity index is 2.30. The van der Waals surface area contributed by atoms with Gasteiger partial charge < -0.3 is 9.63 Å². The topological polar surface area (TPSA) is 63.3 Å². The molecule has 0 saturated carbocycles. The van der Waals surface area contributed by atoms with Crippen molar-refractivity contribution in [2.45, 2.75) is 13.3 Å². The molecular weight excluding hydrogens is 242 g/mol. The highest BCUT2D eigenvalue weighted by molar-refractivity contribution is 6.31. The minimum Gasteiger partial charge on any atom is -0.481 e. The lowest BCUT2D eigenvalue weighted by atomic mass is 10.1. The second-order valence-electron chi connectivity index (χ2n) is 3.71. The van der Waals surface area contributed by atoms with Gasteiger partial charge in [0.25, 0.3) is 0 Å². The van der Waals surface area contributed by atoms with Gasteiger partial charge in [0, 0.05) is 16.7 Å². The first-order chi connectivity index (χ1) is 8.06. The van der Waals surface area contributed by atoms with Crippen LogP contribution in [0.5, 0.6) is 0 Å². The molecule has 0 aliphatic heterocycles. The monoisotopic (exact) mass is 251 g/mol. The van der Waals surface area contributed by atoms with E-state index in [-0.39, 0.29) is 6.42 Å². The van der Waals surface area contributed by atoms with Crippen LogP contribution in [0.3, 0.4) is 0 Å². The van der Waals surface area contributed by atoms with E-state index in [1.54, 1.807) is 12.1 Å². The van der Waals surface area contributed by atoms with Crippen molar-refractivity contribution >= 4 is 17.6 Å². The fourth-order valence-electron chi connectivity index (χ4n) is 1.49. The summed E-state index contributed by atoms with van der Waals surface area (Å²) in [6, 6.07) is 7.09. The van der Waals surface area contributed by atoms with Crippen LogP contribution in [-0.2, 0) is 11.2 Å². The Morgan fingerprint density at radius 2 is 2.24 bits per heavy atom. The van der Waals surface area contributed by atoms with Gasteiger partial charge in [0.2, 0.25) is 0 Å². The minimum atomic E-state index is -0.944. The van der Waals surface area contributed by atoms with Gasteiger partial charge in [-0.3, -0.25) is 4.79 Å². The average Bonchev–Trinajstić information content (AvgIpc) is 2.69. The minimum absolute atomic E-state index is 0.167. The van der Waals surface area contributed by atoms with Gasteiger partial charge in [0.1, 0.15) is 17.9 Å². The molecule has 5 heteroatoms. The molecule has 0 unspecified atom stereocenters. The summed E-state index contributed by atoms with van der Waals surface area (Å²) in [5.74, 6) is -0.611. The van der Waals surface area contributed by atoms with Crippen molar-refractivity contribution in [3.8, 4) is 11.3 Å². The van der Waals surface area contributed by atoms with E-state index in [0.29, 0.717) is 16.5 Å². The molecule has 0 aliphatic rings. The second-order valence-corrected chi connectivity index (χ2v) is 4.12. The number of hydrogen-bond donors (Lipinski definition) is 1. The molecule has 1 aromatic carbocycles. The number of hydrogen-bond acceptors (Lipinski definition) is 3. The summed E-state index contributed by atoms with van der Waals surface area (Å²) in [7, 11) is 0. The van der Waals surface area contributed by atoms with E-state index in [9.17, 15) is 4.79 Å². The van der Waals surface area contributed by atoms with E-state index in [1.807, 2.05) is 19.1 Å². The lowest BCUT2D eigenvalue weighted by Crippen LogP contribution is -1.97. The number of nitrogens with zero attached hydrogens (tertiary/aromatic N) is 1. The van der Waals surface area contributed by atoms with E-state index in [1.165, 1.54) is 0 Å². The lowest BCUT2D eigenvalue weighted by molar-refractivity contribution is -0.136. The van der Waals surface area contributed by atoms with Crippen LogP contribution in [0.4, 0.5) is 0 Å². The van der Waals surface area contributed by atoms with Gasteiger partial charge in [-0.25, -0.2) is 0 Å². The summed E-state index contributed by atoms with van der Waals surface area (Å²) in [6.45, 7) is 1.89. The molecule has 4 nitrogen and oxygen atoms in total. The van der Waals surface area contributed by atoms with Crippen LogP contribution in [0, 0.1) is 6.92 Å². The van der Waals surface area contributed by atoms with Crippen LogP contribution < -0.4 is 0 Å². The summed E-state index contributed by atoms with van der Waals surface area (Å²) in [6.07, 6.45) is -0.167. The molecule has 2 rings (SSSR count). The van der Waals surface area contributed by atoms with Crippen molar-refractivity contribution in [3.05, 3.63) is 40.6 Å². The SMILES string of the molecule is Cc1cc(-c2cc(CC(=O)O)on2)ccc1Cl. The smallest absolute Gasteiger partial charge is 0.311 e. The first kappa shape index (κ1) is 11.7. The number of halogens is 1. The number of benzene rings is 1. The van der Waals surface area contributed by atoms with E-state index in [0.717, 1.165) is 11.1 Å². The zero-order valence-corrected chi connectivity index (χ0v) is 9.86. The van der Waals surface area contributed by atoms with E-state index < -0.39 is 5.97 Å². The van der Waals surface area contributed by atoms with Gasteiger partial charge in [0.15, 0.2) is 0 Å². The van der Waals surface area contributed by atoms with Crippen LogP contribution in [0.25, 0.3) is 11.3 Å². The van der Waals surface area contributed by atoms with Crippen LogP contribution in [0.1, 0.15) is 11.3 Å². The fourth-order valence-corrected chi connectivity index (χ4v) is 1.60. The normalized spacial score (nSPS) is 10.5. The van der Waals surface area contributed by atoms with Crippen LogP contribution >= 0.6 is 11.6 Å². The maximum absolute atomic E-state index is 10.5. The number of rotatable bonds is 3. The number of carboxylic acid groups (broad SMARTS) is 1. The van der Waals surface area contributed by atoms with Crippen molar-refractivity contribution < 1.29 is 14.4 Å². The van der Waals surface area contributed by atoms with Gasteiger partial charge in [-0.15, -0.1) is 0 Å². The van der Waals surface area contributed by atoms with E-state index in [4.69, 9.17) is 21.2 Å². The molecule has 0 atom stereocenters. The Bertz CT molecular complexity index is 563. The van der Waals surface area contributed by atoms with Gasteiger partial charge >= 0.3 is 5.97 Å². The molecule has 0 radical (unpaired) electrons. The highest BCUT2D eigenvalue weighted by Crippen LogP contribution is 2.24. The molecule has 17 heavy (non-hydrogen) atoms. The molecule has 1 aromatic heterocycles. The largest absolute Gasteiger partial charge is 0.481 e. The second kappa shape index (κ2) is 4.59. The zero-order chi connectivity index (χ0) is 12.4. The van der Waals surface area contributed by atoms with Gasteiger partial charge in [0.05, 0.1) is 0 Å². The first-order valence-electron chi connectivity index (χ1n) is 5.00. The van der Waals surface area contributed by atoms with Crippen LogP contribution in [0.15, 0.2) is 28.8 Å². The number of carbonyl (C=O) groups is 1. The number of aliphatic carboxylic acids is 1. The number of carboxylic acids is 1. The summed E-state index contributed by atoms with van der Waals surface area (Å²) < 4.78 is 4.94. The van der Waals surface area contributed by atoms with E-state index in [2.05, 4.69) is 5.16 Å². The highest BCUT2D eigenvalue weighted by Gasteiger charge is 2.10. The van der Waals surface area contributed by atoms with Crippen LogP contribution in [0.2, 0.25) is 5.02 Å². The molecule has 0 saturated heterocycles. The zero-order valence-electron chi connectivity index (χ0n) is 9.11. The van der Waals surface area contributed by atoms with Crippen molar-refractivity contribution in [2.75, 3.05) is 0 Å². The summed E-state index contributed by atoms with van der Waals surface area (Å²) >= 11 is 5.92. The van der Waals surface area contributed by atoms with Crippen molar-refractivity contribution in [2.24, 2.45) is 0 Å². The summed E-state index contributed by atoms with van der Waals surface area (Å²) in [4.78, 5) is 10.5. The standard InChI is InChI=1S/C12H10ClNO3/c1-7-4-8(2-3-10(7)13)11-5-9(17-14-11)6-12(15)16/h2-5H,6H2,1H3,(H,15,16). The quantitative estimate of drug-likeness (QED) is 0.911. The number of aryl methyl sites for hydroxylation is 1. The maximum Gasteiger partial charge on any atom is 0.311 e. The molecule has 0 aliphatic carbocycles. The third-order valence-electron chi connectivity index (χ3n) is 2.34. The Morgan fingerprint density at radius 1 is 1.47 bits per heavy atom. The Hall–Kier alpha value is -1.81. The predicted octanol–water partition coefficient (Wildman–Crippen LogP) is 2.93. The maximum atomic E-state index is 10.5. The molecular formula is C12H10ClNO3. The summed E-state index contributed by atoms with van der Waals surface area (Å²) in [5, 5.41) is 13.1. The third-order valence-corrected chi connectivity index (χ3v) is 2.76. The van der Waals surface area contributed by atoms with E-state index >= 15 is 0 Å². The summed E-state index contributed by atoms with van der Waals surface area (Å²) in [5.41, 5.74) is 2.40. The lowest BCUT2D eigenvalue weighted by Gasteiger charge is -1.99. The van der Waals surface area contributed by atoms with Crippen molar-refractivity contribution in [1.82, 2.24) is 5.16 Å². The molecule has 2 aromatic rings. The van der Waals surface area contributed by atoms with Gasteiger partial charge in [-0.1, -0.05) is 22.8 Å². The molecule has 0 bridgehead atoms. The molecule has 0 spiro atoms. The Kier molecular flexibility index (Phi) is 3.15. The Labute approximate surface area is 103 Å². The first-order valence-corrected chi connectivity index (χ1v) is 5.38. The highest BCUT2D eigenvalue weighted by atomic mass is 35.5.